The lowest BCUT2D eigenvalue weighted by molar-refractivity contribution is 0.395. The molecule has 1 aromatic carbocycles. The minimum absolute atomic E-state index is 0.109. The fourth-order valence-electron chi connectivity index (χ4n) is 1.24. The lowest BCUT2D eigenvalue weighted by Gasteiger charge is -2.06. The molecule has 0 saturated carbocycles. The summed E-state index contributed by atoms with van der Waals surface area (Å²) in [4.78, 5) is 3.97. The van der Waals surface area contributed by atoms with Gasteiger partial charge in [-0.3, -0.25) is 0 Å². The zero-order valence-corrected chi connectivity index (χ0v) is 10.6. The highest BCUT2D eigenvalue weighted by atomic mass is 19.1. The number of nitrogens with zero attached hydrogens (tertiary/aromatic N) is 1. The van der Waals surface area contributed by atoms with E-state index in [9.17, 15) is 4.39 Å². The van der Waals surface area contributed by atoms with Crippen LogP contribution in [-0.2, 0) is 0 Å². The normalized spacial score (nSPS) is 11.9. The van der Waals surface area contributed by atoms with Gasteiger partial charge in [0.15, 0.2) is 11.6 Å². The number of rotatable bonds is 5. The number of nitrogens with two attached hydrogens (primary N) is 1. The Morgan fingerprint density at radius 3 is 2.83 bits per heavy atom. The predicted octanol–water partition coefficient (Wildman–Crippen LogP) is 2.96. The van der Waals surface area contributed by atoms with E-state index < -0.39 is 5.82 Å². The van der Waals surface area contributed by atoms with Gasteiger partial charge in [-0.15, -0.1) is 0 Å². The van der Waals surface area contributed by atoms with E-state index in [2.05, 4.69) is 11.6 Å². The smallest absolute Gasteiger partial charge is 0.212 e. The molecule has 0 bridgehead atoms. The lowest BCUT2D eigenvalue weighted by atomic mass is 10.2. The van der Waals surface area contributed by atoms with Gasteiger partial charge in [0.05, 0.1) is 0 Å². The number of halogens is 1. The Morgan fingerprint density at radius 2 is 2.28 bits per heavy atom. The third kappa shape index (κ3) is 4.14. The lowest BCUT2D eigenvalue weighted by Crippen LogP contribution is -2.04. The molecule has 0 aliphatic heterocycles. The van der Waals surface area contributed by atoms with Crippen LogP contribution in [-0.4, -0.2) is 12.8 Å². The van der Waals surface area contributed by atoms with Crippen LogP contribution in [0.4, 0.5) is 4.39 Å². The van der Waals surface area contributed by atoms with Crippen LogP contribution in [0.2, 0.25) is 0 Å². The largest absolute Gasteiger partial charge is 0.437 e. The van der Waals surface area contributed by atoms with Gasteiger partial charge in [0, 0.05) is 12.8 Å². The molecule has 0 radical (unpaired) electrons. The maximum absolute atomic E-state index is 13.5. The van der Waals surface area contributed by atoms with Gasteiger partial charge in [-0.2, -0.15) is 0 Å². The molecular formula is C14H17FN2O. The fourth-order valence-corrected chi connectivity index (χ4v) is 1.24. The maximum atomic E-state index is 13.5. The molecule has 0 saturated heterocycles. The molecule has 0 aromatic heterocycles. The van der Waals surface area contributed by atoms with Crippen LogP contribution in [0.25, 0.3) is 0 Å². The monoisotopic (exact) mass is 248 g/mol. The second-order valence-corrected chi connectivity index (χ2v) is 3.76. The fraction of sp³-hybridized carbons (Fsp3) is 0.214. The summed E-state index contributed by atoms with van der Waals surface area (Å²) >= 11 is 0. The minimum Gasteiger partial charge on any atom is -0.437 e. The Hall–Kier alpha value is -1.94. The summed E-state index contributed by atoms with van der Waals surface area (Å²) in [5.74, 6) is -0.209. The topological polar surface area (TPSA) is 47.6 Å². The third-order valence-electron chi connectivity index (χ3n) is 2.30. The first kappa shape index (κ1) is 14.1. The summed E-state index contributed by atoms with van der Waals surface area (Å²) < 4.78 is 18.7. The van der Waals surface area contributed by atoms with Gasteiger partial charge in [0.25, 0.3) is 0 Å². The number of hydrogen-bond donors (Lipinski definition) is 1. The van der Waals surface area contributed by atoms with Crippen LogP contribution >= 0.6 is 0 Å². The molecule has 3 nitrogen and oxygen atoms in total. The maximum Gasteiger partial charge on any atom is 0.212 e. The molecule has 96 valence electrons. The van der Waals surface area contributed by atoms with Crippen LogP contribution < -0.4 is 10.5 Å². The molecule has 0 fully saturated rings. The summed E-state index contributed by atoms with van der Waals surface area (Å²) in [5, 5.41) is 0. The van der Waals surface area contributed by atoms with Gasteiger partial charge in [0.1, 0.15) is 0 Å². The molecule has 0 atom stereocenters. The summed E-state index contributed by atoms with van der Waals surface area (Å²) in [7, 11) is 0. The van der Waals surface area contributed by atoms with Gasteiger partial charge in [-0.05, 0) is 43.7 Å². The Balaban J connectivity index is 2.71. The van der Waals surface area contributed by atoms with Gasteiger partial charge in [-0.1, -0.05) is 12.1 Å². The highest BCUT2D eigenvalue weighted by molar-refractivity contribution is 5.79. The first-order valence-electron chi connectivity index (χ1n) is 5.59. The molecule has 0 unspecified atom stereocenters. The molecule has 0 aliphatic carbocycles. The number of allylic oxidation sites excluding steroid dienone is 1. The Bertz CT molecular complexity index is 493. The molecular weight excluding hydrogens is 231 g/mol. The van der Waals surface area contributed by atoms with E-state index in [1.807, 2.05) is 13.0 Å². The highest BCUT2D eigenvalue weighted by Gasteiger charge is 2.04. The highest BCUT2D eigenvalue weighted by Crippen LogP contribution is 2.20. The number of aryl methyl sites for hydroxylation is 1. The van der Waals surface area contributed by atoms with Crippen molar-refractivity contribution in [3.05, 3.63) is 53.7 Å². The summed E-state index contributed by atoms with van der Waals surface area (Å²) in [6.45, 7) is 7.64. The number of hydrogen-bond acceptors (Lipinski definition) is 3. The van der Waals surface area contributed by atoms with Gasteiger partial charge in [0.2, 0.25) is 5.88 Å². The second kappa shape index (κ2) is 6.71. The molecule has 0 heterocycles. The summed E-state index contributed by atoms with van der Waals surface area (Å²) in [6.07, 6.45) is 3.39. The van der Waals surface area contributed by atoms with E-state index in [0.717, 1.165) is 11.1 Å². The number of ether oxygens (including phenoxy) is 1. The SMILES string of the molecule is C=C(N=C/C(=C\C)CN)Oc1ccc(C)cc1F. The number of aliphatic imine (C=N–C) groups is 1. The van der Waals surface area contributed by atoms with Crippen molar-refractivity contribution in [3.8, 4) is 5.75 Å². The quantitative estimate of drug-likeness (QED) is 0.643. The molecule has 18 heavy (non-hydrogen) atoms. The van der Waals surface area contributed by atoms with Crippen molar-refractivity contribution < 1.29 is 9.13 Å². The van der Waals surface area contributed by atoms with Crippen LogP contribution in [0.15, 0.2) is 47.3 Å². The van der Waals surface area contributed by atoms with Gasteiger partial charge >= 0.3 is 0 Å². The van der Waals surface area contributed by atoms with E-state index >= 15 is 0 Å². The Morgan fingerprint density at radius 1 is 1.56 bits per heavy atom. The summed E-state index contributed by atoms with van der Waals surface area (Å²) in [5.41, 5.74) is 7.15. The van der Waals surface area contributed by atoms with Crippen LogP contribution in [0, 0.1) is 12.7 Å². The Labute approximate surface area is 106 Å². The van der Waals surface area contributed by atoms with Crippen molar-refractivity contribution in [2.45, 2.75) is 13.8 Å². The van der Waals surface area contributed by atoms with Crippen molar-refractivity contribution in [3.63, 3.8) is 0 Å². The molecule has 0 amide bonds. The predicted molar refractivity (Wildman–Crippen MR) is 72.2 cm³/mol. The second-order valence-electron chi connectivity index (χ2n) is 3.76. The molecule has 0 aliphatic rings. The van der Waals surface area contributed by atoms with E-state index in [0.29, 0.717) is 6.54 Å². The van der Waals surface area contributed by atoms with E-state index in [1.54, 1.807) is 25.3 Å². The standard InChI is InChI=1S/C14H17FN2O/c1-4-12(8-16)9-17-11(3)18-14-6-5-10(2)7-13(14)15/h4-7,9H,3,8,16H2,1-2H3/b12-4-,17-9?. The third-order valence-corrected chi connectivity index (χ3v) is 2.30. The van der Waals surface area contributed by atoms with Gasteiger partial charge in [-0.25, -0.2) is 9.38 Å². The molecule has 0 spiro atoms. The van der Waals surface area contributed by atoms with Crippen molar-refractivity contribution in [2.75, 3.05) is 6.54 Å². The molecule has 1 rings (SSSR count). The van der Waals surface area contributed by atoms with Gasteiger partial charge < -0.3 is 10.5 Å². The van der Waals surface area contributed by atoms with Crippen molar-refractivity contribution >= 4 is 6.21 Å². The van der Waals surface area contributed by atoms with E-state index in [-0.39, 0.29) is 11.6 Å². The van der Waals surface area contributed by atoms with E-state index in [1.165, 1.54) is 6.07 Å². The number of benzene rings is 1. The van der Waals surface area contributed by atoms with Crippen LogP contribution in [0.3, 0.4) is 0 Å². The molecule has 2 N–H and O–H groups in total. The zero-order valence-electron chi connectivity index (χ0n) is 10.6. The first-order chi connectivity index (χ1) is 8.56. The van der Waals surface area contributed by atoms with Crippen molar-refractivity contribution in [1.29, 1.82) is 0 Å². The molecule has 4 heteroatoms. The Kier molecular flexibility index (Phi) is 5.27. The molecule has 1 aromatic rings. The first-order valence-corrected chi connectivity index (χ1v) is 5.59. The average Bonchev–Trinajstić information content (AvgIpc) is 2.34. The van der Waals surface area contributed by atoms with Crippen LogP contribution in [0.5, 0.6) is 5.75 Å². The minimum atomic E-state index is -0.434. The zero-order chi connectivity index (χ0) is 13.5. The van der Waals surface area contributed by atoms with E-state index in [4.69, 9.17) is 10.5 Å². The van der Waals surface area contributed by atoms with Crippen molar-refractivity contribution in [1.82, 2.24) is 0 Å². The van der Waals surface area contributed by atoms with Crippen LogP contribution in [0.1, 0.15) is 12.5 Å². The summed E-state index contributed by atoms with van der Waals surface area (Å²) in [6, 6.07) is 4.70. The van der Waals surface area contributed by atoms with Crippen molar-refractivity contribution in [2.24, 2.45) is 10.7 Å². The average molecular weight is 248 g/mol.